The number of nitrogens with zero attached hydrogens (tertiary/aromatic N) is 3. The summed E-state index contributed by atoms with van der Waals surface area (Å²) in [5.74, 6) is 0.610. The van der Waals surface area contributed by atoms with E-state index in [1.165, 1.54) is 0 Å². The van der Waals surface area contributed by atoms with E-state index in [-0.39, 0.29) is 5.56 Å². The van der Waals surface area contributed by atoms with Crippen molar-refractivity contribution in [3.05, 3.63) is 63.0 Å². The van der Waals surface area contributed by atoms with Crippen molar-refractivity contribution in [2.45, 2.75) is 12.8 Å². The number of H-pyrrole nitrogens is 1. The first-order chi connectivity index (χ1) is 12.2. The van der Waals surface area contributed by atoms with Gasteiger partial charge in [-0.05, 0) is 42.2 Å². The predicted molar refractivity (Wildman–Crippen MR) is 102 cm³/mol. The summed E-state index contributed by atoms with van der Waals surface area (Å²) in [6.07, 6.45) is 7.74. The molecule has 1 N–H and O–H groups in total. The van der Waals surface area contributed by atoms with Gasteiger partial charge in [0.25, 0.3) is 5.56 Å². The van der Waals surface area contributed by atoms with Crippen molar-refractivity contribution in [3.8, 4) is 0 Å². The zero-order valence-corrected chi connectivity index (χ0v) is 14.3. The van der Waals surface area contributed by atoms with Crippen LogP contribution in [0.5, 0.6) is 0 Å². The lowest BCUT2D eigenvalue weighted by atomic mass is 10.1. The van der Waals surface area contributed by atoms with Gasteiger partial charge in [0.2, 0.25) is 5.95 Å². The van der Waals surface area contributed by atoms with Crippen molar-refractivity contribution < 1.29 is 0 Å². The third kappa shape index (κ3) is 3.28. The fourth-order valence-electron chi connectivity index (χ4n) is 3.09. The Morgan fingerprint density at radius 1 is 1.16 bits per heavy atom. The second kappa shape index (κ2) is 6.69. The van der Waals surface area contributed by atoms with Crippen LogP contribution in [0, 0.1) is 0 Å². The van der Waals surface area contributed by atoms with Gasteiger partial charge in [-0.1, -0.05) is 35.9 Å². The Hall–Kier alpha value is -2.66. The molecular weight excluding hydrogens is 336 g/mol. The summed E-state index contributed by atoms with van der Waals surface area (Å²) in [7, 11) is 0. The van der Waals surface area contributed by atoms with E-state index in [0.717, 1.165) is 37.1 Å². The summed E-state index contributed by atoms with van der Waals surface area (Å²) in [6, 6.07) is 9.36. The van der Waals surface area contributed by atoms with Gasteiger partial charge in [0.15, 0.2) is 5.65 Å². The van der Waals surface area contributed by atoms with Crippen LogP contribution in [0.1, 0.15) is 24.0 Å². The maximum absolute atomic E-state index is 12.6. The van der Waals surface area contributed by atoms with E-state index in [4.69, 9.17) is 11.6 Å². The highest BCUT2D eigenvalue weighted by Gasteiger charge is 2.16. The Labute approximate surface area is 150 Å². The predicted octanol–water partition coefficient (Wildman–Crippen LogP) is 3.74. The van der Waals surface area contributed by atoms with Crippen LogP contribution in [0.25, 0.3) is 23.2 Å². The van der Waals surface area contributed by atoms with Crippen LogP contribution in [-0.2, 0) is 0 Å². The highest BCUT2D eigenvalue weighted by molar-refractivity contribution is 6.30. The van der Waals surface area contributed by atoms with Gasteiger partial charge >= 0.3 is 0 Å². The van der Waals surface area contributed by atoms with Gasteiger partial charge in [-0.3, -0.25) is 9.78 Å². The minimum atomic E-state index is -0.161. The van der Waals surface area contributed by atoms with Crippen molar-refractivity contribution in [1.29, 1.82) is 0 Å². The molecular formula is C19H17ClN4O. The third-order valence-electron chi connectivity index (χ3n) is 4.34. The number of halogens is 1. The van der Waals surface area contributed by atoms with Crippen LogP contribution in [0.15, 0.2) is 41.3 Å². The van der Waals surface area contributed by atoms with E-state index in [2.05, 4.69) is 19.9 Å². The zero-order valence-electron chi connectivity index (χ0n) is 13.6. The molecule has 2 aromatic heterocycles. The van der Waals surface area contributed by atoms with Crippen molar-refractivity contribution in [2.75, 3.05) is 18.0 Å². The van der Waals surface area contributed by atoms with Crippen LogP contribution >= 0.6 is 11.6 Å². The molecule has 3 heterocycles. The maximum atomic E-state index is 12.6. The van der Waals surface area contributed by atoms with E-state index >= 15 is 0 Å². The Morgan fingerprint density at radius 3 is 2.80 bits per heavy atom. The zero-order chi connectivity index (χ0) is 17.2. The number of aromatic nitrogens is 3. The molecule has 0 aliphatic carbocycles. The molecule has 1 aliphatic heterocycles. The molecule has 4 rings (SSSR count). The molecule has 1 aliphatic rings. The molecule has 0 spiro atoms. The standard InChI is InChI=1S/C19H17ClN4O/c20-15-5-3-4-13(12-15)6-7-14-8-9-21-17-16(14)18(25)23-19(22-17)24-10-1-2-11-24/h3-9,12H,1-2,10-11H2,(H,21,22,23,25)/b7-6+. The Bertz CT molecular complexity index is 1010. The lowest BCUT2D eigenvalue weighted by Crippen LogP contribution is -2.24. The Kier molecular flexibility index (Phi) is 4.24. The van der Waals surface area contributed by atoms with Crippen molar-refractivity contribution >= 4 is 40.7 Å². The largest absolute Gasteiger partial charge is 0.342 e. The first-order valence-electron chi connectivity index (χ1n) is 8.28. The Balaban J connectivity index is 1.76. The second-order valence-corrected chi connectivity index (χ2v) is 6.51. The molecule has 1 fully saturated rings. The quantitative estimate of drug-likeness (QED) is 0.780. The van der Waals surface area contributed by atoms with Crippen LogP contribution < -0.4 is 10.5 Å². The van der Waals surface area contributed by atoms with Gasteiger partial charge in [-0.25, -0.2) is 4.98 Å². The molecule has 1 aromatic carbocycles. The van der Waals surface area contributed by atoms with Gasteiger partial charge in [-0.15, -0.1) is 0 Å². The van der Waals surface area contributed by atoms with E-state index in [1.54, 1.807) is 6.20 Å². The number of nitrogens with one attached hydrogen (secondary N) is 1. The number of fused-ring (bicyclic) bond motifs is 1. The fourth-order valence-corrected chi connectivity index (χ4v) is 3.29. The number of rotatable bonds is 3. The minimum Gasteiger partial charge on any atom is -0.342 e. The molecule has 0 amide bonds. The number of pyridine rings is 1. The molecule has 1 saturated heterocycles. The van der Waals surface area contributed by atoms with Crippen molar-refractivity contribution in [2.24, 2.45) is 0 Å². The molecule has 0 radical (unpaired) electrons. The Morgan fingerprint density at radius 2 is 2.00 bits per heavy atom. The van der Waals surface area contributed by atoms with E-state index < -0.39 is 0 Å². The van der Waals surface area contributed by atoms with Crippen LogP contribution in [0.4, 0.5) is 5.95 Å². The third-order valence-corrected chi connectivity index (χ3v) is 4.57. The van der Waals surface area contributed by atoms with Crippen LogP contribution in [0.2, 0.25) is 5.02 Å². The van der Waals surface area contributed by atoms with Gasteiger partial charge < -0.3 is 4.90 Å². The van der Waals surface area contributed by atoms with Gasteiger partial charge in [0, 0.05) is 24.3 Å². The number of benzene rings is 1. The van der Waals surface area contributed by atoms with Crippen molar-refractivity contribution in [3.63, 3.8) is 0 Å². The number of hydrogen-bond acceptors (Lipinski definition) is 4. The van der Waals surface area contributed by atoms with E-state index in [0.29, 0.717) is 22.0 Å². The fraction of sp³-hybridized carbons (Fsp3) is 0.211. The first kappa shape index (κ1) is 15.8. The maximum Gasteiger partial charge on any atom is 0.262 e. The molecule has 0 bridgehead atoms. The van der Waals surface area contributed by atoms with Gasteiger partial charge in [0.1, 0.15) is 0 Å². The average Bonchev–Trinajstić information content (AvgIpc) is 3.14. The molecule has 0 atom stereocenters. The lowest BCUT2D eigenvalue weighted by molar-refractivity contribution is 0.897. The monoisotopic (exact) mass is 352 g/mol. The smallest absolute Gasteiger partial charge is 0.262 e. The summed E-state index contributed by atoms with van der Waals surface area (Å²) in [5, 5.41) is 1.18. The summed E-state index contributed by atoms with van der Waals surface area (Å²) in [5.41, 5.74) is 2.06. The van der Waals surface area contributed by atoms with Gasteiger partial charge in [0.05, 0.1) is 5.39 Å². The number of aromatic amines is 1. The summed E-state index contributed by atoms with van der Waals surface area (Å²) >= 11 is 6.01. The van der Waals surface area contributed by atoms with Crippen LogP contribution in [0.3, 0.4) is 0 Å². The van der Waals surface area contributed by atoms with Crippen molar-refractivity contribution in [1.82, 2.24) is 15.0 Å². The SMILES string of the molecule is O=c1[nH]c(N2CCCC2)nc2nccc(/C=C/c3cccc(Cl)c3)c12. The summed E-state index contributed by atoms with van der Waals surface area (Å²) in [4.78, 5) is 26.5. The molecule has 25 heavy (non-hydrogen) atoms. The summed E-state index contributed by atoms with van der Waals surface area (Å²) < 4.78 is 0. The van der Waals surface area contributed by atoms with Gasteiger partial charge in [-0.2, -0.15) is 4.98 Å². The van der Waals surface area contributed by atoms with E-state index in [9.17, 15) is 4.79 Å². The molecule has 5 nitrogen and oxygen atoms in total. The van der Waals surface area contributed by atoms with E-state index in [1.807, 2.05) is 42.5 Å². The number of anilines is 1. The normalized spacial score (nSPS) is 14.7. The topological polar surface area (TPSA) is 61.9 Å². The minimum absolute atomic E-state index is 0.161. The first-order valence-corrected chi connectivity index (χ1v) is 8.66. The highest BCUT2D eigenvalue weighted by Crippen LogP contribution is 2.19. The number of hydrogen-bond donors (Lipinski definition) is 1. The molecule has 6 heteroatoms. The molecule has 3 aromatic rings. The molecule has 126 valence electrons. The highest BCUT2D eigenvalue weighted by atomic mass is 35.5. The molecule has 0 unspecified atom stereocenters. The lowest BCUT2D eigenvalue weighted by Gasteiger charge is -2.15. The molecule has 0 saturated carbocycles. The average molecular weight is 353 g/mol. The second-order valence-electron chi connectivity index (χ2n) is 6.07. The summed E-state index contributed by atoms with van der Waals surface area (Å²) in [6.45, 7) is 1.84. The van der Waals surface area contributed by atoms with Crippen LogP contribution in [-0.4, -0.2) is 28.0 Å².